The van der Waals surface area contributed by atoms with Crippen LogP contribution in [-0.4, -0.2) is 20.5 Å². The lowest BCUT2D eigenvalue weighted by atomic mass is 10.1. The smallest absolute Gasteiger partial charge is 0.191 e. The number of hydrogen-bond acceptors (Lipinski definition) is 4. The summed E-state index contributed by atoms with van der Waals surface area (Å²) >= 11 is 1.60. The van der Waals surface area contributed by atoms with Crippen LogP contribution in [0.2, 0.25) is 0 Å². The van der Waals surface area contributed by atoms with Crippen LogP contribution in [0, 0.1) is 5.82 Å². The molecule has 0 saturated heterocycles. The van der Waals surface area contributed by atoms with Crippen molar-refractivity contribution in [2.45, 2.75) is 43.4 Å². The lowest BCUT2D eigenvalue weighted by molar-refractivity contribution is 0.590. The van der Waals surface area contributed by atoms with Crippen LogP contribution in [0.5, 0.6) is 0 Å². The van der Waals surface area contributed by atoms with Gasteiger partial charge in [-0.1, -0.05) is 30.3 Å². The van der Waals surface area contributed by atoms with Crippen LogP contribution in [-0.2, 0) is 13.0 Å². The van der Waals surface area contributed by atoms with E-state index in [9.17, 15) is 4.39 Å². The summed E-state index contributed by atoms with van der Waals surface area (Å²) in [5.74, 6) is 1.50. The first-order valence-corrected chi connectivity index (χ1v) is 8.28. The number of aromatic nitrogens is 3. The molecular weight excluding hydrogens is 287 g/mol. The summed E-state index contributed by atoms with van der Waals surface area (Å²) in [6.45, 7) is 0.986. The SMILES string of the molecule is NC(CSc1nnc2n1CCCCC2)c1cccc(F)c1. The lowest BCUT2D eigenvalue weighted by Gasteiger charge is -2.12. The van der Waals surface area contributed by atoms with Crippen molar-refractivity contribution >= 4 is 11.8 Å². The molecule has 6 heteroatoms. The highest BCUT2D eigenvalue weighted by atomic mass is 32.2. The summed E-state index contributed by atoms with van der Waals surface area (Å²) in [6.07, 6.45) is 4.61. The van der Waals surface area contributed by atoms with Gasteiger partial charge in [0.05, 0.1) is 0 Å². The monoisotopic (exact) mass is 306 g/mol. The lowest BCUT2D eigenvalue weighted by Crippen LogP contribution is -2.14. The average Bonchev–Trinajstić information content (AvgIpc) is 2.72. The highest BCUT2D eigenvalue weighted by molar-refractivity contribution is 7.99. The normalized spacial score (nSPS) is 16.3. The van der Waals surface area contributed by atoms with Gasteiger partial charge in [-0.2, -0.15) is 0 Å². The topological polar surface area (TPSA) is 56.7 Å². The molecule has 1 aromatic carbocycles. The summed E-state index contributed by atoms with van der Waals surface area (Å²) < 4.78 is 15.4. The van der Waals surface area contributed by atoms with Crippen molar-refractivity contribution in [1.82, 2.24) is 14.8 Å². The van der Waals surface area contributed by atoms with Gasteiger partial charge in [-0.15, -0.1) is 10.2 Å². The van der Waals surface area contributed by atoms with Crippen LogP contribution in [0.1, 0.15) is 36.7 Å². The van der Waals surface area contributed by atoms with Gasteiger partial charge in [-0.3, -0.25) is 0 Å². The molecule has 2 heterocycles. The van der Waals surface area contributed by atoms with Gasteiger partial charge in [0.25, 0.3) is 0 Å². The van der Waals surface area contributed by atoms with Crippen molar-refractivity contribution < 1.29 is 4.39 Å². The number of halogens is 1. The number of aryl methyl sites for hydroxylation is 1. The van der Waals surface area contributed by atoms with E-state index in [0.29, 0.717) is 5.75 Å². The Morgan fingerprint density at radius 1 is 1.29 bits per heavy atom. The number of benzene rings is 1. The number of rotatable bonds is 4. The van der Waals surface area contributed by atoms with Gasteiger partial charge < -0.3 is 10.3 Å². The quantitative estimate of drug-likeness (QED) is 0.882. The number of hydrogen-bond donors (Lipinski definition) is 1. The Hall–Kier alpha value is -1.40. The number of fused-ring (bicyclic) bond motifs is 1. The van der Waals surface area contributed by atoms with Gasteiger partial charge in [0, 0.05) is 24.8 Å². The molecule has 0 aliphatic carbocycles. The molecule has 21 heavy (non-hydrogen) atoms. The zero-order valence-corrected chi connectivity index (χ0v) is 12.7. The third kappa shape index (κ3) is 3.44. The molecule has 0 fully saturated rings. The second kappa shape index (κ2) is 6.58. The van der Waals surface area contributed by atoms with Crippen LogP contribution in [0.4, 0.5) is 4.39 Å². The molecule has 0 bridgehead atoms. The average molecular weight is 306 g/mol. The van der Waals surface area contributed by atoms with E-state index in [1.54, 1.807) is 17.8 Å². The van der Waals surface area contributed by atoms with Crippen molar-refractivity contribution in [3.63, 3.8) is 0 Å². The van der Waals surface area contributed by atoms with Crippen molar-refractivity contribution in [2.24, 2.45) is 5.73 Å². The van der Waals surface area contributed by atoms with E-state index in [1.807, 2.05) is 6.07 Å². The van der Waals surface area contributed by atoms with Gasteiger partial charge >= 0.3 is 0 Å². The minimum Gasteiger partial charge on any atom is -0.323 e. The molecule has 1 aromatic heterocycles. The first kappa shape index (κ1) is 14.5. The van der Waals surface area contributed by atoms with Gasteiger partial charge in [0.2, 0.25) is 0 Å². The second-order valence-corrected chi connectivity index (χ2v) is 6.32. The summed E-state index contributed by atoms with van der Waals surface area (Å²) in [7, 11) is 0. The molecule has 4 nitrogen and oxygen atoms in total. The molecule has 0 spiro atoms. The molecule has 112 valence electrons. The summed E-state index contributed by atoms with van der Waals surface area (Å²) in [6, 6.07) is 6.28. The van der Waals surface area contributed by atoms with E-state index >= 15 is 0 Å². The van der Waals surface area contributed by atoms with E-state index in [4.69, 9.17) is 5.73 Å². The van der Waals surface area contributed by atoms with Crippen molar-refractivity contribution in [3.05, 3.63) is 41.5 Å². The molecule has 1 aliphatic rings. The maximum absolute atomic E-state index is 13.2. The predicted molar refractivity (Wildman–Crippen MR) is 81.6 cm³/mol. The van der Waals surface area contributed by atoms with Gasteiger partial charge in [-0.05, 0) is 30.5 Å². The van der Waals surface area contributed by atoms with E-state index in [2.05, 4.69) is 14.8 Å². The maximum atomic E-state index is 13.2. The summed E-state index contributed by atoms with van der Waals surface area (Å²) in [5, 5.41) is 9.47. The Labute approximate surface area is 127 Å². The van der Waals surface area contributed by atoms with E-state index in [0.717, 1.165) is 29.5 Å². The zero-order chi connectivity index (χ0) is 14.7. The third-order valence-electron chi connectivity index (χ3n) is 3.74. The Morgan fingerprint density at radius 2 is 2.19 bits per heavy atom. The van der Waals surface area contributed by atoms with Gasteiger partial charge in [0.1, 0.15) is 11.6 Å². The van der Waals surface area contributed by atoms with Gasteiger partial charge in [0.15, 0.2) is 5.16 Å². The van der Waals surface area contributed by atoms with Crippen LogP contribution in [0.25, 0.3) is 0 Å². The zero-order valence-electron chi connectivity index (χ0n) is 11.8. The van der Waals surface area contributed by atoms with Crippen LogP contribution >= 0.6 is 11.8 Å². The van der Waals surface area contributed by atoms with Crippen LogP contribution < -0.4 is 5.73 Å². The molecule has 3 rings (SSSR count). The fraction of sp³-hybridized carbons (Fsp3) is 0.467. The Bertz CT molecular complexity index is 613. The molecule has 0 saturated carbocycles. The van der Waals surface area contributed by atoms with Crippen molar-refractivity contribution in [1.29, 1.82) is 0 Å². The molecule has 1 aliphatic heterocycles. The standard InChI is InChI=1S/C15H19FN4S/c16-12-6-4-5-11(9-12)13(17)10-21-15-19-18-14-7-2-1-3-8-20(14)15/h4-6,9,13H,1-3,7-8,10,17H2. The number of nitrogens with zero attached hydrogens (tertiary/aromatic N) is 3. The molecule has 1 atom stereocenters. The first-order chi connectivity index (χ1) is 10.2. The molecule has 0 amide bonds. The number of thioether (sulfide) groups is 1. The molecular formula is C15H19FN4S. The molecule has 1 unspecified atom stereocenters. The summed E-state index contributed by atoms with van der Waals surface area (Å²) in [4.78, 5) is 0. The highest BCUT2D eigenvalue weighted by Gasteiger charge is 2.16. The van der Waals surface area contributed by atoms with E-state index in [-0.39, 0.29) is 11.9 Å². The van der Waals surface area contributed by atoms with E-state index in [1.165, 1.54) is 31.4 Å². The Kier molecular flexibility index (Phi) is 4.55. The van der Waals surface area contributed by atoms with Gasteiger partial charge in [-0.25, -0.2) is 4.39 Å². The van der Waals surface area contributed by atoms with Crippen molar-refractivity contribution in [3.8, 4) is 0 Å². The Balaban J connectivity index is 1.66. The molecule has 2 aromatic rings. The molecule has 2 N–H and O–H groups in total. The fourth-order valence-corrected chi connectivity index (χ4v) is 3.54. The molecule has 0 radical (unpaired) electrons. The minimum absolute atomic E-state index is 0.204. The van der Waals surface area contributed by atoms with Crippen LogP contribution in [0.15, 0.2) is 29.4 Å². The Morgan fingerprint density at radius 3 is 3.05 bits per heavy atom. The third-order valence-corrected chi connectivity index (χ3v) is 4.83. The van der Waals surface area contributed by atoms with Crippen molar-refractivity contribution in [2.75, 3.05) is 5.75 Å². The summed E-state index contributed by atoms with van der Waals surface area (Å²) in [5.41, 5.74) is 6.96. The maximum Gasteiger partial charge on any atom is 0.191 e. The highest BCUT2D eigenvalue weighted by Crippen LogP contribution is 2.25. The largest absolute Gasteiger partial charge is 0.323 e. The van der Waals surface area contributed by atoms with Crippen LogP contribution in [0.3, 0.4) is 0 Å². The minimum atomic E-state index is -0.246. The number of nitrogens with two attached hydrogens (primary N) is 1. The second-order valence-electron chi connectivity index (χ2n) is 5.33. The van der Waals surface area contributed by atoms with E-state index < -0.39 is 0 Å². The first-order valence-electron chi connectivity index (χ1n) is 7.30. The predicted octanol–water partition coefficient (Wildman–Crippen LogP) is 2.94. The fourth-order valence-electron chi connectivity index (χ4n) is 2.56.